The van der Waals surface area contributed by atoms with Crippen LogP contribution in [0.5, 0.6) is 0 Å². The molecule has 5 aromatic rings. The van der Waals surface area contributed by atoms with Crippen LogP contribution in [0.3, 0.4) is 0 Å². The van der Waals surface area contributed by atoms with Crippen LogP contribution in [0.25, 0.3) is 22.6 Å². The quantitative estimate of drug-likeness (QED) is 0.182. The minimum atomic E-state index is -0.520. The number of benzene rings is 4. The Bertz CT molecular complexity index is 1430. The summed E-state index contributed by atoms with van der Waals surface area (Å²) in [6.07, 6.45) is -0.109. The average Bonchev–Trinajstić information content (AvgIpc) is 3.49. The molecule has 0 aliphatic carbocycles. The van der Waals surface area contributed by atoms with Gasteiger partial charge in [0.05, 0.1) is 18.8 Å². The third kappa shape index (κ3) is 6.45. The number of aliphatic hydroxyl groups excluding tert-OH is 1. The van der Waals surface area contributed by atoms with E-state index in [2.05, 4.69) is 0 Å². The number of hydrogen-bond acceptors (Lipinski definition) is 7. The Morgan fingerprint density at radius 2 is 1.39 bits per heavy atom. The molecule has 4 aromatic carbocycles. The molecule has 3 atom stereocenters. The summed E-state index contributed by atoms with van der Waals surface area (Å²) in [5, 5.41) is 10.1. The van der Waals surface area contributed by atoms with Crippen molar-refractivity contribution < 1.29 is 19.0 Å². The van der Waals surface area contributed by atoms with Gasteiger partial charge in [-0.2, -0.15) is 0 Å². The van der Waals surface area contributed by atoms with E-state index in [9.17, 15) is 5.11 Å². The fourth-order valence-corrected chi connectivity index (χ4v) is 5.78. The fourth-order valence-electron chi connectivity index (χ4n) is 4.94. The standard InChI is InChI=1S/C34H32N2O4S/c35-20-23-11-17-28(18-12-23)33-38-29(19-30(39-33)25-15-13-24(21-37)14-16-25)22-41-34-36-31(26-7-3-1-4-8-26)32(40-34)27-9-5-2-6-10-27/h1-18,29-30,33,37H,19-22,35H2/t29-,30+,33?/m0/s1. The van der Waals surface area contributed by atoms with E-state index in [1.807, 2.05) is 109 Å². The summed E-state index contributed by atoms with van der Waals surface area (Å²) in [7, 11) is 0. The number of oxazole rings is 1. The highest BCUT2D eigenvalue weighted by molar-refractivity contribution is 7.99. The van der Waals surface area contributed by atoms with Crippen LogP contribution in [0.4, 0.5) is 0 Å². The third-order valence-electron chi connectivity index (χ3n) is 7.19. The maximum atomic E-state index is 9.48. The van der Waals surface area contributed by atoms with E-state index in [0.29, 0.717) is 23.9 Å². The first kappa shape index (κ1) is 27.4. The highest BCUT2D eigenvalue weighted by Crippen LogP contribution is 2.41. The average molecular weight is 565 g/mol. The van der Waals surface area contributed by atoms with Crippen molar-refractivity contribution in [2.75, 3.05) is 5.75 Å². The van der Waals surface area contributed by atoms with E-state index < -0.39 is 6.29 Å². The highest BCUT2D eigenvalue weighted by atomic mass is 32.2. The molecule has 0 spiro atoms. The van der Waals surface area contributed by atoms with E-state index >= 15 is 0 Å². The highest BCUT2D eigenvalue weighted by Gasteiger charge is 2.32. The smallest absolute Gasteiger partial charge is 0.256 e. The van der Waals surface area contributed by atoms with Gasteiger partial charge >= 0.3 is 0 Å². The molecule has 6 nitrogen and oxygen atoms in total. The van der Waals surface area contributed by atoms with Crippen LogP contribution in [0.15, 0.2) is 119 Å². The Kier molecular flexibility index (Phi) is 8.60. The minimum absolute atomic E-state index is 0.0103. The summed E-state index contributed by atoms with van der Waals surface area (Å²) in [5.41, 5.74) is 12.6. The van der Waals surface area contributed by atoms with E-state index in [1.54, 1.807) is 11.8 Å². The molecular weight excluding hydrogens is 532 g/mol. The second-order valence-corrected chi connectivity index (χ2v) is 11.0. The molecule has 0 saturated carbocycles. The predicted molar refractivity (Wildman–Crippen MR) is 161 cm³/mol. The van der Waals surface area contributed by atoms with Crippen molar-refractivity contribution in [3.63, 3.8) is 0 Å². The largest absolute Gasteiger partial charge is 0.431 e. The number of nitrogens with zero attached hydrogens (tertiary/aromatic N) is 1. The summed E-state index contributed by atoms with van der Waals surface area (Å²) in [6, 6.07) is 36.1. The third-order valence-corrected chi connectivity index (χ3v) is 8.15. The van der Waals surface area contributed by atoms with Crippen LogP contribution >= 0.6 is 11.8 Å². The van der Waals surface area contributed by atoms with Crippen LogP contribution in [0.2, 0.25) is 0 Å². The molecule has 6 rings (SSSR count). The number of thioether (sulfide) groups is 1. The Hall–Kier alpha value is -3.72. The first-order chi connectivity index (χ1) is 20.2. The fraction of sp³-hybridized carbons (Fsp3) is 0.206. The molecule has 0 bridgehead atoms. The van der Waals surface area contributed by atoms with Crippen molar-refractivity contribution in [2.45, 2.75) is 43.3 Å². The number of ether oxygens (including phenoxy) is 2. The molecule has 3 N–H and O–H groups in total. The summed E-state index contributed by atoms with van der Waals surface area (Å²) >= 11 is 1.55. The van der Waals surface area contributed by atoms with Gasteiger partial charge in [0.15, 0.2) is 12.1 Å². The summed E-state index contributed by atoms with van der Waals surface area (Å²) in [4.78, 5) is 4.91. The molecule has 1 aliphatic heterocycles. The second-order valence-electron chi connectivity index (χ2n) is 10.00. The Morgan fingerprint density at radius 3 is 2.05 bits per heavy atom. The van der Waals surface area contributed by atoms with Gasteiger partial charge in [-0.05, 0) is 16.7 Å². The SMILES string of the molecule is NCc1ccc(C2O[C@H](CSc3nc(-c4ccccc4)c(-c4ccccc4)o3)C[C@H](c3ccc(CO)cc3)O2)cc1. The van der Waals surface area contributed by atoms with Gasteiger partial charge in [-0.3, -0.25) is 0 Å². The van der Waals surface area contributed by atoms with Gasteiger partial charge in [-0.25, -0.2) is 4.98 Å². The van der Waals surface area contributed by atoms with Crippen LogP contribution in [0.1, 0.15) is 41.1 Å². The zero-order chi connectivity index (χ0) is 28.0. The maximum absolute atomic E-state index is 9.48. The topological polar surface area (TPSA) is 90.7 Å². The van der Waals surface area contributed by atoms with Gasteiger partial charge in [0, 0.05) is 35.4 Å². The van der Waals surface area contributed by atoms with E-state index in [1.165, 1.54) is 0 Å². The second kappa shape index (κ2) is 12.9. The lowest BCUT2D eigenvalue weighted by molar-refractivity contribution is -0.245. The van der Waals surface area contributed by atoms with Gasteiger partial charge in [-0.1, -0.05) is 121 Å². The lowest BCUT2D eigenvalue weighted by atomic mass is 10.0. The zero-order valence-electron chi connectivity index (χ0n) is 22.6. The first-order valence-corrected chi connectivity index (χ1v) is 14.7. The molecule has 1 aromatic heterocycles. The van der Waals surface area contributed by atoms with Crippen molar-refractivity contribution in [1.29, 1.82) is 0 Å². The molecule has 1 aliphatic rings. The predicted octanol–water partition coefficient (Wildman–Crippen LogP) is 7.30. The molecule has 41 heavy (non-hydrogen) atoms. The Morgan fingerprint density at radius 1 is 0.756 bits per heavy atom. The van der Waals surface area contributed by atoms with Gasteiger partial charge in [0.1, 0.15) is 5.69 Å². The number of rotatable bonds is 9. The molecule has 0 radical (unpaired) electrons. The van der Waals surface area contributed by atoms with Crippen molar-refractivity contribution in [2.24, 2.45) is 5.73 Å². The van der Waals surface area contributed by atoms with Crippen LogP contribution in [-0.2, 0) is 22.6 Å². The van der Waals surface area contributed by atoms with E-state index in [-0.39, 0.29) is 18.8 Å². The molecule has 0 amide bonds. The summed E-state index contributed by atoms with van der Waals surface area (Å²) in [6.45, 7) is 0.494. The van der Waals surface area contributed by atoms with Crippen molar-refractivity contribution in [3.8, 4) is 22.6 Å². The lowest BCUT2D eigenvalue weighted by Crippen LogP contribution is -2.31. The summed E-state index contributed by atoms with van der Waals surface area (Å²) in [5.74, 6) is 1.40. The van der Waals surface area contributed by atoms with Gasteiger partial charge < -0.3 is 24.7 Å². The molecule has 7 heteroatoms. The Labute approximate surface area is 244 Å². The van der Waals surface area contributed by atoms with Crippen LogP contribution < -0.4 is 5.73 Å². The Balaban J connectivity index is 1.25. The van der Waals surface area contributed by atoms with Crippen molar-refractivity contribution >= 4 is 11.8 Å². The number of hydrogen-bond donors (Lipinski definition) is 2. The van der Waals surface area contributed by atoms with Crippen LogP contribution in [-0.4, -0.2) is 21.9 Å². The maximum Gasteiger partial charge on any atom is 0.256 e. The number of aromatic nitrogens is 1. The molecule has 208 valence electrons. The number of nitrogens with two attached hydrogens (primary N) is 1. The van der Waals surface area contributed by atoms with E-state index in [4.69, 9.17) is 24.6 Å². The monoisotopic (exact) mass is 564 g/mol. The molecule has 1 saturated heterocycles. The van der Waals surface area contributed by atoms with Crippen molar-refractivity contribution in [3.05, 3.63) is 131 Å². The molecule has 1 fully saturated rings. The zero-order valence-corrected chi connectivity index (χ0v) is 23.4. The molecule has 1 unspecified atom stereocenters. The lowest BCUT2D eigenvalue weighted by Gasteiger charge is -2.36. The van der Waals surface area contributed by atoms with Gasteiger partial charge in [-0.15, -0.1) is 0 Å². The minimum Gasteiger partial charge on any atom is -0.431 e. The molecular formula is C34H32N2O4S. The van der Waals surface area contributed by atoms with E-state index in [0.717, 1.165) is 44.8 Å². The normalized spacial score (nSPS) is 18.8. The van der Waals surface area contributed by atoms with Crippen LogP contribution in [0, 0.1) is 0 Å². The first-order valence-electron chi connectivity index (χ1n) is 13.7. The van der Waals surface area contributed by atoms with Gasteiger partial charge in [0.2, 0.25) is 0 Å². The number of aliphatic hydroxyl groups is 1. The molecule has 2 heterocycles. The van der Waals surface area contributed by atoms with Gasteiger partial charge in [0.25, 0.3) is 5.22 Å². The van der Waals surface area contributed by atoms with Crippen molar-refractivity contribution in [1.82, 2.24) is 4.98 Å². The summed E-state index contributed by atoms with van der Waals surface area (Å²) < 4.78 is 19.3.